The summed E-state index contributed by atoms with van der Waals surface area (Å²) in [7, 11) is 1.61. The first-order chi connectivity index (χ1) is 11.2. The first-order valence-electron chi connectivity index (χ1n) is 7.39. The summed E-state index contributed by atoms with van der Waals surface area (Å²) < 4.78 is 10.5. The molecule has 0 radical (unpaired) electrons. The highest BCUT2D eigenvalue weighted by Crippen LogP contribution is 2.12. The second-order valence-corrected chi connectivity index (χ2v) is 4.82. The van der Waals surface area contributed by atoms with Crippen LogP contribution >= 0.6 is 0 Å². The zero-order chi connectivity index (χ0) is 16.5. The Hall–Kier alpha value is -2.82. The summed E-state index contributed by atoms with van der Waals surface area (Å²) in [5, 5.41) is 3.96. The van der Waals surface area contributed by atoms with E-state index in [1.54, 1.807) is 13.3 Å². The van der Waals surface area contributed by atoms with Crippen molar-refractivity contribution in [2.24, 2.45) is 5.10 Å². The van der Waals surface area contributed by atoms with E-state index in [4.69, 9.17) is 9.47 Å². The first kappa shape index (κ1) is 16.5. The Morgan fingerprint density at radius 3 is 2.65 bits per heavy atom. The molecular formula is C18H20N2O3. The number of benzene rings is 2. The number of carbonyl (C=O) groups excluding carboxylic acids is 1. The van der Waals surface area contributed by atoms with Crippen LogP contribution in [-0.2, 0) is 11.2 Å². The molecule has 5 nitrogen and oxygen atoms in total. The number of hydrogen-bond acceptors (Lipinski definition) is 4. The molecule has 2 rings (SSSR count). The number of nitrogens with zero attached hydrogens (tertiary/aromatic N) is 1. The van der Waals surface area contributed by atoms with E-state index in [1.807, 2.05) is 55.5 Å². The molecule has 2 aromatic rings. The van der Waals surface area contributed by atoms with Gasteiger partial charge in [-0.2, -0.15) is 5.10 Å². The molecule has 0 saturated heterocycles. The minimum atomic E-state index is -0.173. The molecule has 1 N–H and O–H groups in total. The maximum Gasteiger partial charge on any atom is 0.244 e. The molecule has 2 aromatic carbocycles. The summed E-state index contributed by atoms with van der Waals surface area (Å²) in [4.78, 5) is 11.9. The largest absolute Gasteiger partial charge is 0.497 e. The number of amides is 1. The zero-order valence-electron chi connectivity index (χ0n) is 13.3. The van der Waals surface area contributed by atoms with Crippen molar-refractivity contribution < 1.29 is 14.3 Å². The number of hydrazone groups is 1. The van der Waals surface area contributed by atoms with Crippen molar-refractivity contribution in [2.75, 3.05) is 13.7 Å². The standard InChI is InChI=1S/C18H20N2O3/c1-3-23-16-9-7-14(8-10-16)12-18(21)20-19-13-15-5-4-6-17(11-15)22-2/h4-11,13H,3,12H2,1-2H3,(H,20,21)/b19-13-. The number of methoxy groups -OCH3 is 1. The third kappa shape index (κ3) is 5.47. The van der Waals surface area contributed by atoms with Gasteiger partial charge in [-0.15, -0.1) is 0 Å². The van der Waals surface area contributed by atoms with Crippen LogP contribution in [0.2, 0.25) is 0 Å². The van der Waals surface area contributed by atoms with Crippen LogP contribution in [0.1, 0.15) is 18.1 Å². The topological polar surface area (TPSA) is 59.9 Å². The van der Waals surface area contributed by atoms with Gasteiger partial charge in [-0.05, 0) is 42.3 Å². The number of hydrogen-bond donors (Lipinski definition) is 1. The highest BCUT2D eigenvalue weighted by atomic mass is 16.5. The van der Waals surface area contributed by atoms with Crippen molar-refractivity contribution in [3.05, 3.63) is 59.7 Å². The van der Waals surface area contributed by atoms with Crippen molar-refractivity contribution in [3.8, 4) is 11.5 Å². The molecule has 0 heterocycles. The Labute approximate surface area is 135 Å². The molecule has 0 unspecified atom stereocenters. The van der Waals surface area contributed by atoms with Crippen LogP contribution in [-0.4, -0.2) is 25.8 Å². The van der Waals surface area contributed by atoms with Crippen molar-refractivity contribution in [2.45, 2.75) is 13.3 Å². The number of nitrogens with one attached hydrogen (secondary N) is 1. The van der Waals surface area contributed by atoms with Gasteiger partial charge in [0.05, 0.1) is 26.4 Å². The quantitative estimate of drug-likeness (QED) is 0.632. The van der Waals surface area contributed by atoms with Crippen LogP contribution in [0.5, 0.6) is 11.5 Å². The zero-order valence-corrected chi connectivity index (χ0v) is 13.3. The molecule has 0 atom stereocenters. The van der Waals surface area contributed by atoms with E-state index in [0.29, 0.717) is 6.61 Å². The average Bonchev–Trinajstić information content (AvgIpc) is 2.57. The minimum Gasteiger partial charge on any atom is -0.497 e. The van der Waals surface area contributed by atoms with E-state index < -0.39 is 0 Å². The minimum absolute atomic E-state index is 0.173. The second-order valence-electron chi connectivity index (χ2n) is 4.82. The Morgan fingerprint density at radius 2 is 1.96 bits per heavy atom. The number of carbonyl (C=O) groups is 1. The van der Waals surface area contributed by atoms with Crippen LogP contribution < -0.4 is 14.9 Å². The van der Waals surface area contributed by atoms with Gasteiger partial charge in [-0.3, -0.25) is 4.79 Å². The van der Waals surface area contributed by atoms with E-state index >= 15 is 0 Å². The lowest BCUT2D eigenvalue weighted by Crippen LogP contribution is -2.19. The summed E-state index contributed by atoms with van der Waals surface area (Å²) >= 11 is 0. The van der Waals surface area contributed by atoms with Crippen LogP contribution in [0.25, 0.3) is 0 Å². The van der Waals surface area contributed by atoms with Crippen molar-refractivity contribution in [1.29, 1.82) is 0 Å². The molecule has 5 heteroatoms. The van der Waals surface area contributed by atoms with E-state index in [0.717, 1.165) is 22.6 Å². The van der Waals surface area contributed by atoms with Crippen LogP contribution in [0.15, 0.2) is 53.6 Å². The van der Waals surface area contributed by atoms with E-state index in [1.165, 1.54) is 0 Å². The molecule has 0 spiro atoms. The Kier molecular flexibility index (Phi) is 6.17. The monoisotopic (exact) mass is 312 g/mol. The third-order valence-corrected chi connectivity index (χ3v) is 3.10. The summed E-state index contributed by atoms with van der Waals surface area (Å²) in [5.74, 6) is 1.37. The predicted molar refractivity (Wildman–Crippen MR) is 90.0 cm³/mol. The summed E-state index contributed by atoms with van der Waals surface area (Å²) in [6.07, 6.45) is 1.85. The van der Waals surface area contributed by atoms with Crippen molar-refractivity contribution >= 4 is 12.1 Å². The smallest absolute Gasteiger partial charge is 0.244 e. The molecule has 0 saturated carbocycles. The number of ether oxygens (including phenoxy) is 2. The number of rotatable bonds is 7. The second kappa shape index (κ2) is 8.58. The highest BCUT2D eigenvalue weighted by Gasteiger charge is 2.02. The fourth-order valence-electron chi connectivity index (χ4n) is 2.00. The first-order valence-corrected chi connectivity index (χ1v) is 7.39. The van der Waals surface area contributed by atoms with Gasteiger partial charge >= 0.3 is 0 Å². The van der Waals surface area contributed by atoms with Crippen molar-refractivity contribution in [1.82, 2.24) is 5.43 Å². The normalized spacial score (nSPS) is 10.5. The van der Waals surface area contributed by atoms with Gasteiger partial charge in [0.25, 0.3) is 0 Å². The van der Waals surface area contributed by atoms with Gasteiger partial charge < -0.3 is 9.47 Å². The summed E-state index contributed by atoms with van der Waals surface area (Å²) in [6.45, 7) is 2.56. The SMILES string of the molecule is CCOc1ccc(CC(=O)N/N=C\c2cccc(OC)c2)cc1. The van der Waals surface area contributed by atoms with Gasteiger partial charge in [-0.1, -0.05) is 24.3 Å². The molecule has 0 aliphatic heterocycles. The van der Waals surface area contributed by atoms with Gasteiger partial charge in [0.15, 0.2) is 0 Å². The van der Waals surface area contributed by atoms with Gasteiger partial charge in [0, 0.05) is 0 Å². The van der Waals surface area contributed by atoms with Crippen LogP contribution in [0, 0.1) is 0 Å². The molecule has 0 fully saturated rings. The van der Waals surface area contributed by atoms with E-state index in [-0.39, 0.29) is 12.3 Å². The van der Waals surface area contributed by atoms with Gasteiger partial charge in [-0.25, -0.2) is 5.43 Å². The highest BCUT2D eigenvalue weighted by molar-refractivity contribution is 5.83. The Morgan fingerprint density at radius 1 is 1.17 bits per heavy atom. The fraction of sp³-hybridized carbons (Fsp3) is 0.222. The molecule has 0 bridgehead atoms. The van der Waals surface area contributed by atoms with E-state index in [2.05, 4.69) is 10.5 Å². The molecule has 120 valence electrons. The molecular weight excluding hydrogens is 292 g/mol. The lowest BCUT2D eigenvalue weighted by molar-refractivity contribution is -0.120. The Balaban J connectivity index is 1.85. The predicted octanol–water partition coefficient (Wildman–Crippen LogP) is 2.79. The molecule has 0 aliphatic carbocycles. The molecule has 0 aromatic heterocycles. The average molecular weight is 312 g/mol. The Bertz CT molecular complexity index is 666. The van der Waals surface area contributed by atoms with E-state index in [9.17, 15) is 4.79 Å². The summed E-state index contributed by atoms with van der Waals surface area (Å²) in [5.41, 5.74) is 4.27. The van der Waals surface area contributed by atoms with Gasteiger partial charge in [0.2, 0.25) is 5.91 Å². The maximum absolute atomic E-state index is 11.9. The molecule has 1 amide bonds. The van der Waals surface area contributed by atoms with Crippen LogP contribution in [0.4, 0.5) is 0 Å². The third-order valence-electron chi connectivity index (χ3n) is 3.10. The molecule has 23 heavy (non-hydrogen) atoms. The maximum atomic E-state index is 11.9. The molecule has 0 aliphatic rings. The summed E-state index contributed by atoms with van der Waals surface area (Å²) in [6, 6.07) is 14.9. The fourth-order valence-corrected chi connectivity index (χ4v) is 2.00. The van der Waals surface area contributed by atoms with Crippen molar-refractivity contribution in [3.63, 3.8) is 0 Å². The lowest BCUT2D eigenvalue weighted by atomic mass is 10.1. The lowest BCUT2D eigenvalue weighted by Gasteiger charge is -2.04. The van der Waals surface area contributed by atoms with Gasteiger partial charge in [0.1, 0.15) is 11.5 Å². The van der Waals surface area contributed by atoms with Crippen LogP contribution in [0.3, 0.4) is 0 Å².